The van der Waals surface area contributed by atoms with Crippen LogP contribution < -0.4 is 9.47 Å². The number of benzene rings is 1. The van der Waals surface area contributed by atoms with Crippen molar-refractivity contribution in [1.82, 2.24) is 4.98 Å². The van der Waals surface area contributed by atoms with Crippen LogP contribution >= 0.6 is 0 Å². The van der Waals surface area contributed by atoms with E-state index in [1.165, 1.54) is 5.56 Å². The number of carboxylic acid groups (broad SMARTS) is 1. The molecule has 0 saturated carbocycles. The molecule has 1 heterocycles. The molecule has 5 nitrogen and oxygen atoms in total. The van der Waals surface area contributed by atoms with Gasteiger partial charge in [-0.25, -0.2) is 0 Å². The van der Waals surface area contributed by atoms with Gasteiger partial charge >= 0.3 is 5.97 Å². The fraction of sp³-hybridized carbons (Fsp3) is 0.429. The van der Waals surface area contributed by atoms with Crippen molar-refractivity contribution >= 4 is 5.97 Å². The maximum absolute atomic E-state index is 10.8. The van der Waals surface area contributed by atoms with Gasteiger partial charge in [0.1, 0.15) is 0 Å². The first-order chi connectivity index (χ1) is 12.6. The fourth-order valence-corrected chi connectivity index (χ4v) is 2.67. The minimum atomic E-state index is -0.819. The molecule has 0 amide bonds. The van der Waals surface area contributed by atoms with E-state index >= 15 is 0 Å². The van der Waals surface area contributed by atoms with E-state index < -0.39 is 5.97 Å². The zero-order valence-corrected chi connectivity index (χ0v) is 15.5. The highest BCUT2D eigenvalue weighted by Crippen LogP contribution is 2.32. The molecule has 1 aromatic carbocycles. The first-order valence-electron chi connectivity index (χ1n) is 9.17. The Labute approximate surface area is 155 Å². The molecular weight excluding hydrogens is 330 g/mol. The highest BCUT2D eigenvalue weighted by atomic mass is 16.5. The predicted octanol–water partition coefficient (Wildman–Crippen LogP) is 4.07. The van der Waals surface area contributed by atoms with E-state index in [0.29, 0.717) is 31.1 Å². The normalized spacial score (nSPS) is 10.5. The van der Waals surface area contributed by atoms with Gasteiger partial charge in [-0.05, 0) is 55.9 Å². The van der Waals surface area contributed by atoms with Gasteiger partial charge in [0.2, 0.25) is 0 Å². The van der Waals surface area contributed by atoms with Crippen molar-refractivity contribution in [3.8, 4) is 11.5 Å². The van der Waals surface area contributed by atoms with Crippen LogP contribution in [0.4, 0.5) is 0 Å². The van der Waals surface area contributed by atoms with E-state index in [9.17, 15) is 4.79 Å². The SMILES string of the molecule is CCOc1c(CCC(=O)O)cccc1OCCCc1ccc(CC)cn1. The summed E-state index contributed by atoms with van der Waals surface area (Å²) < 4.78 is 11.6. The van der Waals surface area contributed by atoms with Gasteiger partial charge in [0.25, 0.3) is 0 Å². The minimum Gasteiger partial charge on any atom is -0.490 e. The van der Waals surface area contributed by atoms with E-state index in [1.54, 1.807) is 0 Å². The summed E-state index contributed by atoms with van der Waals surface area (Å²) in [6, 6.07) is 9.81. The maximum atomic E-state index is 10.8. The third kappa shape index (κ3) is 6.06. The summed E-state index contributed by atoms with van der Waals surface area (Å²) in [6.45, 7) is 5.09. The van der Waals surface area contributed by atoms with Crippen LogP contribution in [0.5, 0.6) is 11.5 Å². The van der Waals surface area contributed by atoms with Crippen LogP contribution in [0.3, 0.4) is 0 Å². The smallest absolute Gasteiger partial charge is 0.303 e. The molecule has 5 heteroatoms. The van der Waals surface area contributed by atoms with Crippen molar-refractivity contribution in [1.29, 1.82) is 0 Å². The van der Waals surface area contributed by atoms with E-state index in [0.717, 1.165) is 30.5 Å². The summed E-state index contributed by atoms with van der Waals surface area (Å²) in [5.74, 6) is 0.506. The number of carbonyl (C=O) groups is 1. The molecule has 0 fully saturated rings. The highest BCUT2D eigenvalue weighted by molar-refractivity contribution is 5.67. The Morgan fingerprint density at radius 1 is 1.12 bits per heavy atom. The Morgan fingerprint density at radius 3 is 2.62 bits per heavy atom. The largest absolute Gasteiger partial charge is 0.490 e. The topological polar surface area (TPSA) is 68.7 Å². The molecule has 0 spiro atoms. The number of rotatable bonds is 11. The number of aryl methyl sites for hydroxylation is 3. The number of nitrogens with zero attached hydrogens (tertiary/aromatic N) is 1. The number of ether oxygens (including phenoxy) is 2. The molecule has 1 aromatic heterocycles. The lowest BCUT2D eigenvalue weighted by molar-refractivity contribution is -0.136. The fourth-order valence-electron chi connectivity index (χ4n) is 2.67. The average Bonchev–Trinajstić information content (AvgIpc) is 2.65. The van der Waals surface area contributed by atoms with E-state index in [2.05, 4.69) is 24.0 Å². The van der Waals surface area contributed by atoms with Gasteiger partial charge in [0, 0.05) is 18.3 Å². The Morgan fingerprint density at radius 2 is 1.96 bits per heavy atom. The molecule has 0 atom stereocenters. The molecule has 140 valence electrons. The zero-order valence-electron chi connectivity index (χ0n) is 15.5. The monoisotopic (exact) mass is 357 g/mol. The van der Waals surface area contributed by atoms with Gasteiger partial charge in [-0.2, -0.15) is 0 Å². The first kappa shape index (κ1) is 19.8. The number of pyridine rings is 1. The maximum Gasteiger partial charge on any atom is 0.303 e. The molecule has 2 aromatic rings. The number of aliphatic carboxylic acids is 1. The van der Waals surface area contributed by atoms with Gasteiger partial charge < -0.3 is 14.6 Å². The number of carboxylic acids is 1. The number of hydrogen-bond acceptors (Lipinski definition) is 4. The van der Waals surface area contributed by atoms with Crippen LogP contribution in [0, 0.1) is 0 Å². The van der Waals surface area contributed by atoms with Crippen LogP contribution in [-0.4, -0.2) is 29.3 Å². The minimum absolute atomic E-state index is 0.0724. The molecule has 0 bridgehead atoms. The first-order valence-corrected chi connectivity index (χ1v) is 9.17. The Hall–Kier alpha value is -2.56. The van der Waals surface area contributed by atoms with E-state index in [1.807, 2.05) is 31.3 Å². The summed E-state index contributed by atoms with van der Waals surface area (Å²) in [7, 11) is 0. The van der Waals surface area contributed by atoms with Crippen molar-refractivity contribution in [2.45, 2.75) is 46.0 Å². The van der Waals surface area contributed by atoms with Crippen molar-refractivity contribution in [2.75, 3.05) is 13.2 Å². The third-order valence-electron chi connectivity index (χ3n) is 4.09. The van der Waals surface area contributed by atoms with Gasteiger partial charge in [0.05, 0.1) is 13.2 Å². The lowest BCUT2D eigenvalue weighted by Crippen LogP contribution is -2.06. The Balaban J connectivity index is 1.92. The second-order valence-corrected chi connectivity index (χ2v) is 6.03. The van der Waals surface area contributed by atoms with Crippen molar-refractivity contribution in [2.24, 2.45) is 0 Å². The average molecular weight is 357 g/mol. The van der Waals surface area contributed by atoms with Crippen molar-refractivity contribution < 1.29 is 19.4 Å². The lowest BCUT2D eigenvalue weighted by Gasteiger charge is -2.15. The van der Waals surface area contributed by atoms with Gasteiger partial charge in [-0.3, -0.25) is 9.78 Å². The van der Waals surface area contributed by atoms with Crippen LogP contribution in [-0.2, 0) is 24.1 Å². The molecule has 0 unspecified atom stereocenters. The van der Waals surface area contributed by atoms with Gasteiger partial charge in [0.15, 0.2) is 11.5 Å². The number of hydrogen-bond donors (Lipinski definition) is 1. The van der Waals surface area contributed by atoms with E-state index in [-0.39, 0.29) is 6.42 Å². The molecule has 0 radical (unpaired) electrons. The summed E-state index contributed by atoms with van der Waals surface area (Å²) in [5, 5.41) is 8.90. The highest BCUT2D eigenvalue weighted by Gasteiger charge is 2.12. The van der Waals surface area contributed by atoms with Crippen LogP contribution in [0.15, 0.2) is 36.5 Å². The van der Waals surface area contributed by atoms with Crippen LogP contribution in [0.1, 0.15) is 43.5 Å². The van der Waals surface area contributed by atoms with Crippen LogP contribution in [0.25, 0.3) is 0 Å². The van der Waals surface area contributed by atoms with Gasteiger partial charge in [-0.15, -0.1) is 0 Å². The second kappa shape index (κ2) is 10.4. The predicted molar refractivity (Wildman–Crippen MR) is 101 cm³/mol. The molecule has 0 aliphatic rings. The summed E-state index contributed by atoms with van der Waals surface area (Å²) in [5.41, 5.74) is 3.17. The standard InChI is InChI=1S/C21H27NO4/c1-3-16-10-12-18(22-15-16)8-6-14-26-19-9-5-7-17(11-13-20(23)24)21(19)25-4-2/h5,7,9-10,12,15H,3-4,6,8,11,13-14H2,1-2H3,(H,23,24). The molecule has 1 N–H and O–H groups in total. The molecule has 26 heavy (non-hydrogen) atoms. The Bertz CT molecular complexity index is 698. The molecule has 0 saturated heterocycles. The third-order valence-corrected chi connectivity index (χ3v) is 4.09. The zero-order chi connectivity index (χ0) is 18.8. The quantitative estimate of drug-likeness (QED) is 0.614. The number of para-hydroxylation sites is 1. The van der Waals surface area contributed by atoms with Crippen LogP contribution in [0.2, 0.25) is 0 Å². The molecule has 0 aliphatic heterocycles. The summed E-state index contributed by atoms with van der Waals surface area (Å²) in [6.07, 6.45) is 5.12. The van der Waals surface area contributed by atoms with Crippen molar-refractivity contribution in [3.63, 3.8) is 0 Å². The number of aromatic nitrogens is 1. The molecule has 2 rings (SSSR count). The summed E-state index contributed by atoms with van der Waals surface area (Å²) in [4.78, 5) is 15.3. The Kier molecular flexibility index (Phi) is 7.93. The lowest BCUT2D eigenvalue weighted by atomic mass is 10.1. The van der Waals surface area contributed by atoms with E-state index in [4.69, 9.17) is 14.6 Å². The molecular formula is C21H27NO4. The van der Waals surface area contributed by atoms with Gasteiger partial charge in [-0.1, -0.05) is 25.1 Å². The van der Waals surface area contributed by atoms with Crippen molar-refractivity contribution in [3.05, 3.63) is 53.3 Å². The second-order valence-electron chi connectivity index (χ2n) is 6.03. The molecule has 0 aliphatic carbocycles. The summed E-state index contributed by atoms with van der Waals surface area (Å²) >= 11 is 0.